The van der Waals surface area contributed by atoms with E-state index in [0.29, 0.717) is 43.2 Å². The Labute approximate surface area is 186 Å². The van der Waals surface area contributed by atoms with E-state index in [-0.39, 0.29) is 17.6 Å². The summed E-state index contributed by atoms with van der Waals surface area (Å²) < 4.78 is 0. The minimum absolute atomic E-state index is 0.0341. The van der Waals surface area contributed by atoms with E-state index in [9.17, 15) is 9.59 Å². The number of benzene rings is 2. The van der Waals surface area contributed by atoms with E-state index in [4.69, 9.17) is 11.6 Å². The summed E-state index contributed by atoms with van der Waals surface area (Å²) in [5.74, 6) is 0.529. The first-order valence-electron chi connectivity index (χ1n) is 10.5. The Morgan fingerprint density at radius 2 is 1.74 bits per heavy atom. The molecule has 1 saturated heterocycles. The fourth-order valence-corrected chi connectivity index (χ4v) is 4.05. The molecule has 0 saturated carbocycles. The number of piperidine rings is 1. The molecule has 0 aliphatic carbocycles. The molecule has 1 atom stereocenters. The van der Waals surface area contributed by atoms with Gasteiger partial charge in [0, 0.05) is 35.2 Å². The second-order valence-electron chi connectivity index (χ2n) is 7.69. The number of carbonyl (C=O) groups excluding carboxylic acids is 2. The second kappa shape index (κ2) is 9.39. The summed E-state index contributed by atoms with van der Waals surface area (Å²) in [4.78, 5) is 29.1. The van der Waals surface area contributed by atoms with Crippen LogP contribution in [0.2, 0.25) is 5.02 Å². The molecule has 1 fully saturated rings. The molecule has 0 N–H and O–H groups in total. The average Bonchev–Trinajstić information content (AvgIpc) is 3.30. The van der Waals surface area contributed by atoms with Gasteiger partial charge in [-0.15, -0.1) is 10.2 Å². The van der Waals surface area contributed by atoms with E-state index >= 15 is 0 Å². The molecule has 8 heteroatoms. The topological polar surface area (TPSA) is 81.0 Å². The molecule has 2 aromatic carbocycles. The number of tetrazole rings is 1. The van der Waals surface area contributed by atoms with Crippen molar-refractivity contribution in [2.75, 3.05) is 13.1 Å². The summed E-state index contributed by atoms with van der Waals surface area (Å²) in [7, 11) is 0. The van der Waals surface area contributed by atoms with Gasteiger partial charge in [0.2, 0.25) is 11.7 Å². The van der Waals surface area contributed by atoms with Crippen LogP contribution in [0.4, 0.5) is 0 Å². The van der Waals surface area contributed by atoms with Gasteiger partial charge in [0.25, 0.3) is 0 Å². The van der Waals surface area contributed by atoms with Crippen molar-refractivity contribution in [1.29, 1.82) is 0 Å². The van der Waals surface area contributed by atoms with Gasteiger partial charge >= 0.3 is 0 Å². The van der Waals surface area contributed by atoms with Crippen LogP contribution in [0.1, 0.15) is 42.6 Å². The maximum Gasteiger partial charge on any atom is 0.249 e. The molecule has 4 rings (SSSR count). The third kappa shape index (κ3) is 4.66. The highest BCUT2D eigenvalue weighted by atomic mass is 35.5. The van der Waals surface area contributed by atoms with Crippen LogP contribution in [-0.4, -0.2) is 49.9 Å². The first-order chi connectivity index (χ1) is 15.1. The monoisotopic (exact) mass is 437 g/mol. The van der Waals surface area contributed by atoms with Gasteiger partial charge in [0.05, 0.1) is 0 Å². The van der Waals surface area contributed by atoms with Crippen molar-refractivity contribution < 1.29 is 9.59 Å². The fraction of sp³-hybridized carbons (Fsp3) is 0.348. The number of amides is 1. The molecule has 1 aliphatic rings. The Kier molecular flexibility index (Phi) is 6.42. The van der Waals surface area contributed by atoms with Gasteiger partial charge in [0.15, 0.2) is 11.8 Å². The highest BCUT2D eigenvalue weighted by molar-refractivity contribution is 6.30. The lowest BCUT2D eigenvalue weighted by molar-refractivity contribution is -0.136. The predicted octanol–water partition coefficient (Wildman–Crippen LogP) is 4.07. The van der Waals surface area contributed by atoms with Gasteiger partial charge in [-0.25, -0.2) is 0 Å². The minimum atomic E-state index is -0.519. The summed E-state index contributed by atoms with van der Waals surface area (Å²) in [6, 6.07) is 16.0. The molecule has 7 nitrogen and oxygen atoms in total. The van der Waals surface area contributed by atoms with Gasteiger partial charge in [-0.05, 0) is 48.7 Å². The smallest absolute Gasteiger partial charge is 0.249 e. The summed E-state index contributed by atoms with van der Waals surface area (Å²) in [6.07, 6.45) is 1.88. The fourth-order valence-electron chi connectivity index (χ4n) is 3.92. The van der Waals surface area contributed by atoms with Gasteiger partial charge < -0.3 is 4.90 Å². The van der Waals surface area contributed by atoms with Crippen LogP contribution in [0.25, 0.3) is 11.4 Å². The van der Waals surface area contributed by atoms with E-state index in [1.807, 2.05) is 54.3 Å². The molecule has 0 spiro atoms. The summed E-state index contributed by atoms with van der Waals surface area (Å²) in [5, 5.41) is 13.3. The molecule has 160 valence electrons. The van der Waals surface area contributed by atoms with E-state index < -0.39 is 6.04 Å². The number of aromatic nitrogens is 4. The number of carbonyl (C=O) groups is 2. The van der Waals surface area contributed by atoms with Crippen LogP contribution in [0.3, 0.4) is 0 Å². The largest absolute Gasteiger partial charge is 0.341 e. The van der Waals surface area contributed by atoms with E-state index in [1.165, 1.54) is 4.80 Å². The molecule has 3 aromatic rings. The van der Waals surface area contributed by atoms with Gasteiger partial charge in [0.1, 0.15) is 0 Å². The van der Waals surface area contributed by atoms with E-state index in [2.05, 4.69) is 15.4 Å². The minimum Gasteiger partial charge on any atom is -0.341 e. The molecule has 1 aliphatic heterocycles. The van der Waals surface area contributed by atoms with E-state index in [1.54, 1.807) is 12.1 Å². The molecule has 31 heavy (non-hydrogen) atoms. The number of nitrogens with zero attached hydrogens (tertiary/aromatic N) is 5. The molecule has 1 unspecified atom stereocenters. The van der Waals surface area contributed by atoms with Crippen LogP contribution in [0.15, 0.2) is 54.6 Å². The molecule has 2 heterocycles. The van der Waals surface area contributed by atoms with Crippen molar-refractivity contribution in [3.63, 3.8) is 0 Å². The summed E-state index contributed by atoms with van der Waals surface area (Å²) in [5.41, 5.74) is 1.53. The van der Waals surface area contributed by atoms with Crippen molar-refractivity contribution in [3.05, 3.63) is 65.2 Å². The quantitative estimate of drug-likeness (QED) is 0.543. The third-order valence-corrected chi connectivity index (χ3v) is 5.97. The number of Topliss-reactive ketones (excluding diaryl/α,β-unsaturated/α-hetero) is 1. The molecule has 0 radical (unpaired) electrons. The number of halogens is 1. The Morgan fingerprint density at radius 1 is 1.06 bits per heavy atom. The van der Waals surface area contributed by atoms with Crippen molar-refractivity contribution in [2.45, 2.75) is 32.2 Å². The lowest BCUT2D eigenvalue weighted by Gasteiger charge is -2.33. The van der Waals surface area contributed by atoms with Crippen molar-refractivity contribution in [2.24, 2.45) is 5.92 Å². The maximum absolute atomic E-state index is 13.2. The van der Waals surface area contributed by atoms with Crippen LogP contribution in [-0.2, 0) is 4.79 Å². The van der Waals surface area contributed by atoms with Crippen molar-refractivity contribution in [3.8, 4) is 11.4 Å². The molecular formula is C23H24ClN5O2. The first kappa shape index (κ1) is 21.2. The van der Waals surface area contributed by atoms with Gasteiger partial charge in [-0.3, -0.25) is 9.59 Å². The Bertz CT molecular complexity index is 1040. The zero-order valence-corrected chi connectivity index (χ0v) is 18.1. The molecule has 0 bridgehead atoms. The molecular weight excluding hydrogens is 414 g/mol. The second-order valence-corrected chi connectivity index (χ2v) is 8.13. The number of hydrogen-bond acceptors (Lipinski definition) is 5. The van der Waals surface area contributed by atoms with Crippen molar-refractivity contribution in [1.82, 2.24) is 25.1 Å². The first-order valence-corrected chi connectivity index (χ1v) is 10.9. The zero-order chi connectivity index (χ0) is 21.8. The zero-order valence-electron chi connectivity index (χ0n) is 17.3. The third-order valence-electron chi connectivity index (χ3n) is 5.72. The molecule has 1 aromatic heterocycles. The van der Waals surface area contributed by atoms with Crippen LogP contribution in [0.5, 0.6) is 0 Å². The van der Waals surface area contributed by atoms with Crippen molar-refractivity contribution >= 4 is 23.3 Å². The highest BCUT2D eigenvalue weighted by Crippen LogP contribution is 2.25. The highest BCUT2D eigenvalue weighted by Gasteiger charge is 2.32. The Morgan fingerprint density at radius 3 is 2.39 bits per heavy atom. The normalized spacial score (nSPS) is 15.6. The SMILES string of the molecule is CCC(C(=O)N1CCC(C(=O)c2ccccc2)CC1)n1nnc(-c2ccc(Cl)cc2)n1. The van der Waals surface area contributed by atoms with Crippen LogP contribution < -0.4 is 0 Å². The van der Waals surface area contributed by atoms with Gasteiger partial charge in [-0.1, -0.05) is 48.9 Å². The van der Waals surface area contributed by atoms with Crippen LogP contribution >= 0.6 is 11.6 Å². The standard InChI is InChI=1S/C23H24ClN5O2/c1-2-20(29-26-22(25-27-29)18-8-10-19(24)11-9-18)23(31)28-14-12-17(13-15-28)21(30)16-6-4-3-5-7-16/h3-11,17,20H,2,12-15H2,1H3. The number of hydrogen-bond donors (Lipinski definition) is 0. The summed E-state index contributed by atoms with van der Waals surface area (Å²) >= 11 is 5.94. The Balaban J connectivity index is 1.41. The lowest BCUT2D eigenvalue weighted by Crippen LogP contribution is -2.44. The predicted molar refractivity (Wildman–Crippen MR) is 118 cm³/mol. The Hall–Kier alpha value is -3.06. The number of rotatable bonds is 6. The number of likely N-dealkylation sites (tertiary alicyclic amines) is 1. The molecule has 1 amide bonds. The number of ketones is 1. The van der Waals surface area contributed by atoms with Gasteiger partial charge in [-0.2, -0.15) is 4.80 Å². The van der Waals surface area contributed by atoms with Crippen LogP contribution in [0, 0.1) is 5.92 Å². The lowest BCUT2D eigenvalue weighted by atomic mass is 9.88. The summed E-state index contributed by atoms with van der Waals surface area (Å²) in [6.45, 7) is 3.04. The average molecular weight is 438 g/mol. The maximum atomic E-state index is 13.2. The van der Waals surface area contributed by atoms with E-state index in [0.717, 1.165) is 11.1 Å².